The third-order valence-corrected chi connectivity index (χ3v) is 7.52. The van der Waals surface area contributed by atoms with Crippen molar-refractivity contribution in [1.29, 1.82) is 0 Å². The summed E-state index contributed by atoms with van der Waals surface area (Å²) >= 11 is 0. The van der Waals surface area contributed by atoms with Crippen LogP contribution in [0.4, 0.5) is 0 Å². The summed E-state index contributed by atoms with van der Waals surface area (Å²) in [5, 5.41) is 29.1. The molecule has 5 nitrogen and oxygen atoms in total. The summed E-state index contributed by atoms with van der Waals surface area (Å²) in [5.74, 6) is -0.809. The molecule has 2 saturated carbocycles. The number of carboxylic acids is 2. The molecular weight excluding hydrogens is 392 g/mol. The maximum Gasteiger partial charge on any atom is 0.309 e. The van der Waals surface area contributed by atoms with Crippen LogP contribution in [0.5, 0.6) is 5.75 Å². The van der Waals surface area contributed by atoms with Gasteiger partial charge in [0.2, 0.25) is 0 Å². The molecule has 0 amide bonds. The van der Waals surface area contributed by atoms with Crippen LogP contribution in [0, 0.1) is 10.8 Å². The van der Waals surface area contributed by atoms with Crippen LogP contribution < -0.4 is 0 Å². The minimum Gasteiger partial charge on any atom is -0.507 e. The molecule has 0 spiro atoms. The highest BCUT2D eigenvalue weighted by atomic mass is 16.4. The van der Waals surface area contributed by atoms with Crippen LogP contribution in [0.1, 0.15) is 101 Å². The van der Waals surface area contributed by atoms with Gasteiger partial charge in [0.15, 0.2) is 0 Å². The normalized spacial score (nSPS) is 17.9. The van der Waals surface area contributed by atoms with E-state index < -0.39 is 22.8 Å². The Labute approximate surface area is 185 Å². The van der Waals surface area contributed by atoms with E-state index in [9.17, 15) is 24.9 Å². The predicted molar refractivity (Wildman–Crippen MR) is 120 cm³/mol. The maximum atomic E-state index is 11.2. The van der Waals surface area contributed by atoms with Crippen molar-refractivity contribution in [3.8, 4) is 5.75 Å². The molecule has 0 radical (unpaired) electrons. The molecule has 3 rings (SSSR count). The Morgan fingerprint density at radius 3 is 1.42 bits per heavy atom. The van der Waals surface area contributed by atoms with Gasteiger partial charge in [0.05, 0.1) is 10.8 Å². The second kappa shape index (κ2) is 10.5. The third kappa shape index (κ3) is 6.47. The van der Waals surface area contributed by atoms with Crippen molar-refractivity contribution in [3.05, 3.63) is 29.3 Å². The number of carboxylic acid groups (broad SMARTS) is 2. The zero-order chi connectivity index (χ0) is 22.3. The van der Waals surface area contributed by atoms with E-state index >= 15 is 0 Å². The summed E-state index contributed by atoms with van der Waals surface area (Å²) < 4.78 is 0. The molecule has 2 aliphatic rings. The lowest BCUT2D eigenvalue weighted by Gasteiger charge is -2.11. The topological polar surface area (TPSA) is 94.8 Å². The predicted octanol–water partition coefficient (Wildman–Crippen LogP) is 6.11. The number of unbranched alkanes of at least 4 members (excludes halogenated alkanes) is 6. The van der Waals surface area contributed by atoms with Crippen molar-refractivity contribution >= 4 is 11.9 Å². The molecule has 5 heteroatoms. The second-order valence-electron chi connectivity index (χ2n) is 9.92. The number of carbonyl (C=O) groups is 2. The molecule has 0 bridgehead atoms. The minimum atomic E-state index is -0.624. The number of para-hydroxylation sites is 1. The van der Waals surface area contributed by atoms with Gasteiger partial charge in [0.25, 0.3) is 0 Å². The highest BCUT2D eigenvalue weighted by Crippen LogP contribution is 2.50. The molecule has 0 heterocycles. The van der Waals surface area contributed by atoms with Crippen LogP contribution in [-0.2, 0) is 22.4 Å². The quantitative estimate of drug-likeness (QED) is 0.275. The Balaban J connectivity index is 1.28. The number of aliphatic carboxylic acids is 2. The lowest BCUT2D eigenvalue weighted by molar-refractivity contribution is -0.144. The van der Waals surface area contributed by atoms with Gasteiger partial charge in [-0.25, -0.2) is 0 Å². The molecule has 31 heavy (non-hydrogen) atoms. The van der Waals surface area contributed by atoms with Crippen LogP contribution in [0.3, 0.4) is 0 Å². The van der Waals surface area contributed by atoms with Gasteiger partial charge in [-0.05, 0) is 75.3 Å². The number of phenols is 1. The number of phenolic OH excluding ortho intramolecular Hbond substituents is 1. The Morgan fingerprint density at radius 1 is 0.677 bits per heavy atom. The third-order valence-electron chi connectivity index (χ3n) is 7.52. The van der Waals surface area contributed by atoms with E-state index in [0.717, 1.165) is 114 Å². The first kappa shape index (κ1) is 23.6. The van der Waals surface area contributed by atoms with Crippen LogP contribution in [0.2, 0.25) is 0 Å². The van der Waals surface area contributed by atoms with Crippen molar-refractivity contribution in [2.75, 3.05) is 0 Å². The SMILES string of the molecule is O=C(O)C1(CCCCCCc2cccc(CCCCCCC3(C(=O)O)CC3)c2O)CC1. The van der Waals surface area contributed by atoms with Crippen LogP contribution in [-0.4, -0.2) is 27.3 Å². The first-order valence-electron chi connectivity index (χ1n) is 12.2. The van der Waals surface area contributed by atoms with E-state index in [1.54, 1.807) is 0 Å². The molecular formula is C26H38O5. The van der Waals surface area contributed by atoms with Gasteiger partial charge in [-0.2, -0.15) is 0 Å². The van der Waals surface area contributed by atoms with Gasteiger partial charge >= 0.3 is 11.9 Å². The van der Waals surface area contributed by atoms with Gasteiger partial charge < -0.3 is 15.3 Å². The fourth-order valence-corrected chi connectivity index (χ4v) is 4.76. The van der Waals surface area contributed by atoms with Crippen LogP contribution in [0.25, 0.3) is 0 Å². The molecule has 172 valence electrons. The first-order valence-corrected chi connectivity index (χ1v) is 12.2. The summed E-state index contributed by atoms with van der Waals surface area (Å²) in [5.41, 5.74) is 1.22. The van der Waals surface area contributed by atoms with Gasteiger partial charge in [-0.15, -0.1) is 0 Å². The lowest BCUT2D eigenvalue weighted by Crippen LogP contribution is -2.14. The van der Waals surface area contributed by atoms with Crippen molar-refractivity contribution < 1.29 is 24.9 Å². The average Bonchev–Trinajstić information content (AvgIpc) is 3.65. The standard InChI is InChI=1S/C26H38O5/c27-22-20(10-5-1-3-7-14-25(16-17-25)23(28)29)12-9-13-21(22)11-6-2-4-8-15-26(18-19-26)24(30)31/h9,12-13,27H,1-8,10-11,14-19H2,(H,28,29)(H,30,31). The number of hydrogen-bond acceptors (Lipinski definition) is 3. The van der Waals surface area contributed by atoms with Gasteiger partial charge in [-0.1, -0.05) is 56.7 Å². The molecule has 0 aliphatic heterocycles. The molecule has 0 saturated heterocycles. The Morgan fingerprint density at radius 2 is 1.06 bits per heavy atom. The van der Waals surface area contributed by atoms with Crippen LogP contribution in [0.15, 0.2) is 18.2 Å². The second-order valence-corrected chi connectivity index (χ2v) is 9.92. The molecule has 0 unspecified atom stereocenters. The van der Waals surface area contributed by atoms with Gasteiger partial charge in [0.1, 0.15) is 5.75 Å². The van der Waals surface area contributed by atoms with Crippen molar-refractivity contribution in [3.63, 3.8) is 0 Å². The largest absolute Gasteiger partial charge is 0.507 e. The van der Waals surface area contributed by atoms with Crippen molar-refractivity contribution in [2.45, 2.75) is 103 Å². The number of hydrogen-bond donors (Lipinski definition) is 3. The van der Waals surface area contributed by atoms with E-state index in [4.69, 9.17) is 0 Å². The molecule has 1 aromatic rings. The molecule has 2 fully saturated rings. The number of aryl methyl sites for hydroxylation is 2. The van der Waals surface area contributed by atoms with E-state index in [1.807, 2.05) is 18.2 Å². The molecule has 3 N–H and O–H groups in total. The minimum absolute atomic E-state index is 0.401. The molecule has 0 atom stereocenters. The number of aromatic hydroxyl groups is 1. The zero-order valence-electron chi connectivity index (χ0n) is 18.7. The fraction of sp³-hybridized carbons (Fsp3) is 0.692. The van der Waals surface area contributed by atoms with E-state index in [-0.39, 0.29) is 0 Å². The monoisotopic (exact) mass is 430 g/mol. The van der Waals surface area contributed by atoms with Crippen LogP contribution >= 0.6 is 0 Å². The lowest BCUT2D eigenvalue weighted by atomic mass is 9.95. The van der Waals surface area contributed by atoms with E-state index in [0.29, 0.717) is 5.75 Å². The number of rotatable bonds is 16. The summed E-state index contributed by atoms with van der Waals surface area (Å²) in [6, 6.07) is 6.03. The Bertz CT molecular complexity index is 701. The van der Waals surface area contributed by atoms with Crippen molar-refractivity contribution in [1.82, 2.24) is 0 Å². The Kier molecular flexibility index (Phi) is 8.01. The maximum absolute atomic E-state index is 11.2. The first-order chi connectivity index (χ1) is 14.9. The molecule has 0 aromatic heterocycles. The smallest absolute Gasteiger partial charge is 0.309 e. The zero-order valence-corrected chi connectivity index (χ0v) is 18.7. The molecule has 2 aliphatic carbocycles. The fourth-order valence-electron chi connectivity index (χ4n) is 4.76. The van der Waals surface area contributed by atoms with Gasteiger partial charge in [-0.3, -0.25) is 9.59 Å². The van der Waals surface area contributed by atoms with E-state index in [2.05, 4.69) is 0 Å². The highest BCUT2D eigenvalue weighted by Gasteiger charge is 2.49. The summed E-state index contributed by atoms with van der Waals surface area (Å²) in [4.78, 5) is 22.4. The average molecular weight is 431 g/mol. The summed E-state index contributed by atoms with van der Waals surface area (Å²) in [7, 11) is 0. The van der Waals surface area contributed by atoms with Crippen molar-refractivity contribution in [2.24, 2.45) is 10.8 Å². The highest BCUT2D eigenvalue weighted by molar-refractivity contribution is 5.78. The number of benzene rings is 1. The van der Waals surface area contributed by atoms with Gasteiger partial charge in [0, 0.05) is 0 Å². The van der Waals surface area contributed by atoms with E-state index in [1.165, 1.54) is 0 Å². The summed E-state index contributed by atoms with van der Waals surface area (Å²) in [6.45, 7) is 0. The summed E-state index contributed by atoms with van der Waals surface area (Å²) in [6.07, 6.45) is 14.9. The molecule has 1 aromatic carbocycles. The Hall–Kier alpha value is -2.04.